The molecule has 0 spiro atoms. The summed E-state index contributed by atoms with van der Waals surface area (Å²) in [6.07, 6.45) is 3.26. The summed E-state index contributed by atoms with van der Waals surface area (Å²) in [5.41, 5.74) is 0. The third kappa shape index (κ3) is 2.01. The van der Waals surface area contributed by atoms with Crippen LogP contribution < -0.4 is 0 Å². The van der Waals surface area contributed by atoms with Crippen LogP contribution in [0.3, 0.4) is 0 Å². The lowest BCUT2D eigenvalue weighted by Gasteiger charge is -2.35. The second-order valence-electron chi connectivity index (χ2n) is 3.02. The van der Waals surface area contributed by atoms with Gasteiger partial charge in [-0.1, -0.05) is 0 Å². The maximum Gasteiger partial charge on any atom is 0.166 e. The van der Waals surface area contributed by atoms with Crippen LogP contribution >= 0.6 is 0 Å². The zero-order chi connectivity index (χ0) is 8.32. The van der Waals surface area contributed by atoms with E-state index in [1.807, 2.05) is 6.92 Å². The fourth-order valence-corrected chi connectivity index (χ4v) is 1.31. The molecule has 0 amide bonds. The third-order valence-electron chi connectivity index (χ3n) is 2.10. The van der Waals surface area contributed by atoms with E-state index in [0.717, 1.165) is 25.5 Å². The van der Waals surface area contributed by atoms with Crippen molar-refractivity contribution < 1.29 is 14.3 Å². The van der Waals surface area contributed by atoms with E-state index >= 15 is 0 Å². The Morgan fingerprint density at radius 2 is 2.45 bits per heavy atom. The van der Waals surface area contributed by atoms with Gasteiger partial charge in [-0.3, -0.25) is 0 Å². The fraction of sp³-hybridized carbons (Fsp3) is 0.875. The zero-order valence-corrected chi connectivity index (χ0v) is 7.00. The van der Waals surface area contributed by atoms with Gasteiger partial charge in [-0.25, -0.2) is 0 Å². The molecule has 3 nitrogen and oxygen atoms in total. The van der Waals surface area contributed by atoms with Crippen LogP contribution in [0.15, 0.2) is 0 Å². The summed E-state index contributed by atoms with van der Waals surface area (Å²) in [5.74, 6) is -0.538. The van der Waals surface area contributed by atoms with Crippen molar-refractivity contribution in [1.82, 2.24) is 0 Å². The van der Waals surface area contributed by atoms with E-state index in [1.165, 1.54) is 0 Å². The Balaban J connectivity index is 2.51. The van der Waals surface area contributed by atoms with Crippen molar-refractivity contribution in [2.24, 2.45) is 0 Å². The van der Waals surface area contributed by atoms with Gasteiger partial charge in [0, 0.05) is 13.5 Å². The molecule has 0 aromatic carbocycles. The summed E-state index contributed by atoms with van der Waals surface area (Å²) in [5, 5.41) is 0. The van der Waals surface area contributed by atoms with Gasteiger partial charge in [0.05, 0.1) is 0 Å². The van der Waals surface area contributed by atoms with E-state index in [4.69, 9.17) is 9.47 Å². The van der Waals surface area contributed by atoms with Crippen molar-refractivity contribution in [2.45, 2.75) is 38.1 Å². The summed E-state index contributed by atoms with van der Waals surface area (Å²) in [6.45, 7) is 1.86. The van der Waals surface area contributed by atoms with Crippen LogP contribution in [0.25, 0.3) is 0 Å². The number of rotatable bonds is 2. The van der Waals surface area contributed by atoms with Gasteiger partial charge >= 0.3 is 0 Å². The number of aldehydes is 1. The molecular weight excluding hydrogens is 144 g/mol. The molecule has 0 bridgehead atoms. The lowest BCUT2D eigenvalue weighted by Crippen LogP contribution is -2.40. The lowest BCUT2D eigenvalue weighted by atomic mass is 10.0. The van der Waals surface area contributed by atoms with Crippen LogP contribution in [0.4, 0.5) is 0 Å². The molecule has 1 aliphatic heterocycles. The Morgan fingerprint density at radius 3 is 3.00 bits per heavy atom. The number of methoxy groups -OCH3 is 1. The first kappa shape index (κ1) is 8.68. The highest BCUT2D eigenvalue weighted by atomic mass is 16.7. The van der Waals surface area contributed by atoms with E-state index < -0.39 is 5.79 Å². The standard InChI is InChI=1S/C8H14O3/c1-8(10-2)5-3-4-7(6-9)11-8/h6-7H,3-5H2,1-2H3/t7-,8-/m1/s1. The maximum absolute atomic E-state index is 10.4. The summed E-state index contributed by atoms with van der Waals surface area (Å²) in [7, 11) is 1.60. The van der Waals surface area contributed by atoms with E-state index in [2.05, 4.69) is 0 Å². The van der Waals surface area contributed by atoms with Gasteiger partial charge in [0.2, 0.25) is 0 Å². The van der Waals surface area contributed by atoms with Crippen molar-refractivity contribution in [3.8, 4) is 0 Å². The molecule has 2 atom stereocenters. The van der Waals surface area contributed by atoms with Crippen LogP contribution in [0, 0.1) is 0 Å². The molecule has 64 valence electrons. The van der Waals surface area contributed by atoms with Gasteiger partial charge in [0.15, 0.2) is 5.79 Å². The maximum atomic E-state index is 10.4. The Kier molecular flexibility index (Phi) is 2.62. The second kappa shape index (κ2) is 3.32. The number of hydrogen-bond donors (Lipinski definition) is 0. The lowest BCUT2D eigenvalue weighted by molar-refractivity contribution is -0.249. The molecule has 1 heterocycles. The molecule has 0 aromatic rings. The molecule has 3 heteroatoms. The Bertz CT molecular complexity index is 146. The van der Waals surface area contributed by atoms with E-state index in [-0.39, 0.29) is 6.10 Å². The van der Waals surface area contributed by atoms with Crippen molar-refractivity contribution in [2.75, 3.05) is 7.11 Å². The van der Waals surface area contributed by atoms with Gasteiger partial charge in [0.25, 0.3) is 0 Å². The average molecular weight is 158 g/mol. The van der Waals surface area contributed by atoms with Crippen molar-refractivity contribution in [1.29, 1.82) is 0 Å². The largest absolute Gasteiger partial charge is 0.353 e. The first-order valence-electron chi connectivity index (χ1n) is 3.88. The minimum Gasteiger partial charge on any atom is -0.353 e. The van der Waals surface area contributed by atoms with Crippen LogP contribution in [-0.2, 0) is 14.3 Å². The summed E-state index contributed by atoms with van der Waals surface area (Å²) >= 11 is 0. The van der Waals surface area contributed by atoms with Gasteiger partial charge in [0.1, 0.15) is 12.4 Å². The first-order valence-corrected chi connectivity index (χ1v) is 3.88. The molecule has 11 heavy (non-hydrogen) atoms. The van der Waals surface area contributed by atoms with E-state index in [9.17, 15) is 4.79 Å². The molecule has 1 saturated heterocycles. The molecule has 0 N–H and O–H groups in total. The minimum absolute atomic E-state index is 0.270. The molecular formula is C8H14O3. The zero-order valence-electron chi connectivity index (χ0n) is 7.00. The molecule has 0 aromatic heterocycles. The Hall–Kier alpha value is -0.410. The van der Waals surface area contributed by atoms with Gasteiger partial charge in [-0.15, -0.1) is 0 Å². The average Bonchev–Trinajstić information content (AvgIpc) is 2.05. The monoisotopic (exact) mass is 158 g/mol. The quantitative estimate of drug-likeness (QED) is 0.565. The normalized spacial score (nSPS) is 38.5. The smallest absolute Gasteiger partial charge is 0.166 e. The summed E-state index contributed by atoms with van der Waals surface area (Å²) in [6, 6.07) is 0. The summed E-state index contributed by atoms with van der Waals surface area (Å²) < 4.78 is 10.5. The second-order valence-corrected chi connectivity index (χ2v) is 3.02. The number of carbonyl (C=O) groups is 1. The summed E-state index contributed by atoms with van der Waals surface area (Å²) in [4.78, 5) is 10.4. The van der Waals surface area contributed by atoms with E-state index in [0.29, 0.717) is 0 Å². The molecule has 1 fully saturated rings. The SMILES string of the molecule is CO[C@@]1(C)CCC[C@H](C=O)O1. The van der Waals surface area contributed by atoms with Gasteiger partial charge < -0.3 is 14.3 Å². The minimum atomic E-state index is -0.538. The number of hydrogen-bond acceptors (Lipinski definition) is 3. The van der Waals surface area contributed by atoms with Gasteiger partial charge in [-0.2, -0.15) is 0 Å². The Morgan fingerprint density at radius 1 is 1.73 bits per heavy atom. The molecule has 1 rings (SSSR count). The van der Waals surface area contributed by atoms with Crippen molar-refractivity contribution in [3.05, 3.63) is 0 Å². The Labute approximate surface area is 66.7 Å². The van der Waals surface area contributed by atoms with Crippen LogP contribution in [-0.4, -0.2) is 25.3 Å². The number of ether oxygens (including phenoxy) is 2. The van der Waals surface area contributed by atoms with Crippen molar-refractivity contribution >= 4 is 6.29 Å². The van der Waals surface area contributed by atoms with Crippen LogP contribution in [0.2, 0.25) is 0 Å². The highest BCUT2D eigenvalue weighted by Crippen LogP contribution is 2.27. The van der Waals surface area contributed by atoms with E-state index in [1.54, 1.807) is 7.11 Å². The predicted molar refractivity (Wildman–Crippen MR) is 40.2 cm³/mol. The molecule has 0 saturated carbocycles. The number of carbonyl (C=O) groups excluding carboxylic acids is 1. The van der Waals surface area contributed by atoms with Crippen LogP contribution in [0.1, 0.15) is 26.2 Å². The van der Waals surface area contributed by atoms with Crippen molar-refractivity contribution in [3.63, 3.8) is 0 Å². The highest BCUT2D eigenvalue weighted by Gasteiger charge is 2.32. The third-order valence-corrected chi connectivity index (χ3v) is 2.10. The molecule has 0 unspecified atom stereocenters. The molecule has 0 radical (unpaired) electrons. The first-order chi connectivity index (χ1) is 5.20. The topological polar surface area (TPSA) is 35.5 Å². The fourth-order valence-electron chi connectivity index (χ4n) is 1.31. The predicted octanol–water partition coefficient (Wildman–Crippen LogP) is 1.12. The molecule has 0 aliphatic carbocycles. The van der Waals surface area contributed by atoms with Gasteiger partial charge in [-0.05, 0) is 19.8 Å². The molecule has 1 aliphatic rings. The van der Waals surface area contributed by atoms with Crippen LogP contribution in [0.5, 0.6) is 0 Å². The highest BCUT2D eigenvalue weighted by molar-refractivity contribution is 5.56.